The molecule has 0 atom stereocenters. The first-order valence-electron chi connectivity index (χ1n) is 6.71. The van der Waals surface area contributed by atoms with E-state index >= 15 is 0 Å². The van der Waals surface area contributed by atoms with Gasteiger partial charge in [-0.1, -0.05) is 13.8 Å². The van der Waals surface area contributed by atoms with Gasteiger partial charge in [-0.05, 0) is 36.1 Å². The van der Waals surface area contributed by atoms with Crippen LogP contribution in [0.3, 0.4) is 0 Å². The van der Waals surface area contributed by atoms with Crippen LogP contribution in [0.25, 0.3) is 0 Å². The second-order valence-corrected chi connectivity index (χ2v) is 7.93. The minimum absolute atomic E-state index is 0.0823. The van der Waals surface area contributed by atoms with Gasteiger partial charge in [0, 0.05) is 29.6 Å². The Kier molecular flexibility index (Phi) is 4.09. The Balaban J connectivity index is 2.09. The van der Waals surface area contributed by atoms with E-state index in [-0.39, 0.29) is 11.2 Å². The van der Waals surface area contributed by atoms with Gasteiger partial charge in [0.25, 0.3) is 0 Å². The molecule has 0 unspecified atom stereocenters. The maximum Gasteiger partial charge on any atom is 0.229 e. The van der Waals surface area contributed by atoms with E-state index in [1.807, 2.05) is 0 Å². The lowest BCUT2D eigenvalue weighted by Gasteiger charge is -2.12. The third-order valence-corrected chi connectivity index (χ3v) is 3.85. The zero-order valence-corrected chi connectivity index (χ0v) is 13.3. The number of nitrogens with one attached hydrogen (secondary N) is 2. The summed E-state index contributed by atoms with van der Waals surface area (Å²) in [5.41, 5.74) is 2.10. The van der Waals surface area contributed by atoms with Gasteiger partial charge < -0.3 is 5.32 Å². The van der Waals surface area contributed by atoms with Crippen molar-refractivity contribution in [3.63, 3.8) is 0 Å². The number of hydrogen-bond acceptors (Lipinski definition) is 4. The number of hydrogen-bond donors (Lipinski definition) is 2. The van der Waals surface area contributed by atoms with Crippen LogP contribution in [0.5, 0.6) is 0 Å². The van der Waals surface area contributed by atoms with E-state index in [4.69, 9.17) is 0 Å². The van der Waals surface area contributed by atoms with Crippen molar-refractivity contribution in [3.05, 3.63) is 41.6 Å². The zero-order valence-electron chi connectivity index (χ0n) is 12.4. The fraction of sp³-hybridized carbons (Fsp3) is 0.400. The molecule has 2 rings (SSSR count). The number of sulfonamides is 1. The number of carbonyl (C=O) groups excluding carboxylic acids is 1. The van der Waals surface area contributed by atoms with Crippen LogP contribution in [0.2, 0.25) is 0 Å². The van der Waals surface area contributed by atoms with Crippen molar-refractivity contribution in [1.29, 1.82) is 0 Å². The Hall–Kier alpha value is -1.82. The van der Waals surface area contributed by atoms with Crippen molar-refractivity contribution in [1.82, 2.24) is 5.32 Å². The predicted octanol–water partition coefficient (Wildman–Crippen LogP) is 2.14. The fourth-order valence-corrected chi connectivity index (χ4v) is 2.82. The van der Waals surface area contributed by atoms with Crippen molar-refractivity contribution in [3.8, 4) is 0 Å². The molecule has 0 saturated carbocycles. The van der Waals surface area contributed by atoms with Gasteiger partial charge in [0.15, 0.2) is 5.78 Å². The second kappa shape index (κ2) is 5.52. The molecule has 1 aliphatic rings. The van der Waals surface area contributed by atoms with Crippen LogP contribution in [0, 0.1) is 5.41 Å². The van der Waals surface area contributed by atoms with Gasteiger partial charge in [0.05, 0.1) is 6.26 Å². The van der Waals surface area contributed by atoms with Crippen molar-refractivity contribution < 1.29 is 13.2 Å². The summed E-state index contributed by atoms with van der Waals surface area (Å²) < 4.78 is 24.6. The minimum atomic E-state index is -3.30. The van der Waals surface area contributed by atoms with E-state index in [2.05, 4.69) is 23.9 Å². The number of rotatable bonds is 4. The average Bonchev–Trinajstić information content (AvgIpc) is 2.67. The Morgan fingerprint density at radius 2 is 1.90 bits per heavy atom. The van der Waals surface area contributed by atoms with E-state index in [9.17, 15) is 13.2 Å². The molecule has 1 heterocycles. The van der Waals surface area contributed by atoms with Gasteiger partial charge in [0.1, 0.15) is 0 Å². The van der Waals surface area contributed by atoms with E-state index in [1.54, 1.807) is 30.3 Å². The molecule has 1 aliphatic heterocycles. The molecule has 21 heavy (non-hydrogen) atoms. The highest BCUT2D eigenvalue weighted by Crippen LogP contribution is 2.29. The third kappa shape index (κ3) is 4.60. The molecule has 1 aromatic rings. The molecule has 0 radical (unpaired) electrons. The Labute approximate surface area is 125 Å². The fourth-order valence-electron chi connectivity index (χ4n) is 2.25. The molecule has 1 aromatic carbocycles. The molecule has 1 fully saturated rings. The summed E-state index contributed by atoms with van der Waals surface area (Å²) >= 11 is 0. The van der Waals surface area contributed by atoms with E-state index in [0.29, 0.717) is 11.3 Å². The lowest BCUT2D eigenvalue weighted by Crippen LogP contribution is -2.15. The maximum atomic E-state index is 12.2. The van der Waals surface area contributed by atoms with Crippen molar-refractivity contribution in [2.24, 2.45) is 5.41 Å². The first kappa shape index (κ1) is 15.6. The van der Waals surface area contributed by atoms with Crippen LogP contribution in [-0.4, -0.2) is 27.0 Å². The molecule has 1 saturated heterocycles. The van der Waals surface area contributed by atoms with Crippen LogP contribution in [0.4, 0.5) is 5.69 Å². The quantitative estimate of drug-likeness (QED) is 0.660. The first-order valence-corrected chi connectivity index (χ1v) is 8.60. The standard InChI is InChI=1S/C15H20N2O3S/c1-15(2)9-13(16-10-15)8-14(18)11-4-6-12(7-5-11)17-21(3,19)20/h4-8,16-17H,9-10H2,1-3H3/b13-8-. The van der Waals surface area contributed by atoms with Gasteiger partial charge in [-0.2, -0.15) is 0 Å². The summed E-state index contributed by atoms with van der Waals surface area (Å²) in [5.74, 6) is -0.0823. The molecular formula is C15H20N2O3S. The van der Waals surface area contributed by atoms with Crippen molar-refractivity contribution >= 4 is 21.5 Å². The van der Waals surface area contributed by atoms with Gasteiger partial charge in [-0.15, -0.1) is 0 Å². The molecule has 0 aromatic heterocycles. The van der Waals surface area contributed by atoms with Gasteiger partial charge in [-0.3, -0.25) is 9.52 Å². The second-order valence-electron chi connectivity index (χ2n) is 6.18. The monoisotopic (exact) mass is 308 g/mol. The highest BCUT2D eigenvalue weighted by molar-refractivity contribution is 7.92. The number of allylic oxidation sites excluding steroid dienone is 2. The molecule has 2 N–H and O–H groups in total. The Bertz CT molecular complexity index is 673. The van der Waals surface area contributed by atoms with Crippen LogP contribution < -0.4 is 10.0 Å². The first-order chi connectivity index (χ1) is 9.65. The minimum Gasteiger partial charge on any atom is -0.388 e. The normalized spacial score (nSPS) is 19.3. The number of ketones is 1. The van der Waals surface area contributed by atoms with E-state index in [1.165, 1.54) is 0 Å². The molecule has 114 valence electrons. The lowest BCUT2D eigenvalue weighted by molar-refractivity contribution is 0.104. The summed E-state index contributed by atoms with van der Waals surface area (Å²) in [6.45, 7) is 5.16. The largest absolute Gasteiger partial charge is 0.388 e. The Morgan fingerprint density at radius 1 is 1.29 bits per heavy atom. The molecule has 6 heteroatoms. The number of carbonyl (C=O) groups is 1. The third-order valence-electron chi connectivity index (χ3n) is 3.24. The van der Waals surface area contributed by atoms with Crippen molar-refractivity contribution in [2.75, 3.05) is 17.5 Å². The van der Waals surface area contributed by atoms with Gasteiger partial charge >= 0.3 is 0 Å². The predicted molar refractivity (Wildman–Crippen MR) is 83.7 cm³/mol. The molecule has 5 nitrogen and oxygen atoms in total. The Morgan fingerprint density at radius 3 is 2.38 bits per heavy atom. The summed E-state index contributed by atoms with van der Waals surface area (Å²) in [5, 5.41) is 3.24. The maximum absolute atomic E-state index is 12.2. The SMILES string of the molecule is CC1(C)CN/C(=C\C(=O)c2ccc(NS(C)(=O)=O)cc2)C1. The molecule has 0 amide bonds. The van der Waals surface area contributed by atoms with E-state index < -0.39 is 10.0 Å². The summed E-state index contributed by atoms with van der Waals surface area (Å²) in [4.78, 5) is 12.2. The average molecular weight is 308 g/mol. The van der Waals surface area contributed by atoms with Crippen LogP contribution >= 0.6 is 0 Å². The van der Waals surface area contributed by atoms with Crippen LogP contribution in [0.1, 0.15) is 30.6 Å². The van der Waals surface area contributed by atoms with Crippen LogP contribution in [-0.2, 0) is 10.0 Å². The molecule has 0 bridgehead atoms. The smallest absolute Gasteiger partial charge is 0.229 e. The van der Waals surface area contributed by atoms with Gasteiger partial charge in [0.2, 0.25) is 10.0 Å². The molecule has 0 spiro atoms. The van der Waals surface area contributed by atoms with Crippen molar-refractivity contribution in [2.45, 2.75) is 20.3 Å². The molecule has 0 aliphatic carbocycles. The molecular weight excluding hydrogens is 288 g/mol. The van der Waals surface area contributed by atoms with Gasteiger partial charge in [-0.25, -0.2) is 8.42 Å². The topological polar surface area (TPSA) is 75.3 Å². The summed E-state index contributed by atoms with van der Waals surface area (Å²) in [6, 6.07) is 6.40. The van der Waals surface area contributed by atoms with Crippen LogP contribution in [0.15, 0.2) is 36.0 Å². The number of benzene rings is 1. The zero-order chi connectivity index (χ0) is 15.7. The van der Waals surface area contributed by atoms with E-state index in [0.717, 1.165) is 24.9 Å². The highest BCUT2D eigenvalue weighted by Gasteiger charge is 2.26. The lowest BCUT2D eigenvalue weighted by atomic mass is 9.92. The summed E-state index contributed by atoms with van der Waals surface area (Å²) in [6.07, 6.45) is 3.56. The highest BCUT2D eigenvalue weighted by atomic mass is 32.2. The summed E-state index contributed by atoms with van der Waals surface area (Å²) in [7, 11) is -3.30. The number of anilines is 1.